The van der Waals surface area contributed by atoms with Gasteiger partial charge in [0.15, 0.2) is 0 Å². The summed E-state index contributed by atoms with van der Waals surface area (Å²) < 4.78 is 22.0. The van der Waals surface area contributed by atoms with E-state index in [0.29, 0.717) is 12.8 Å². The van der Waals surface area contributed by atoms with E-state index in [-0.39, 0.29) is 19.6 Å². The van der Waals surface area contributed by atoms with Crippen LogP contribution in [0.25, 0.3) is 0 Å². The van der Waals surface area contributed by atoms with Crippen molar-refractivity contribution in [3.05, 3.63) is 24.3 Å². The maximum absolute atomic E-state index is 12.7. The Hall–Kier alpha value is -1.06. The molecule has 0 aromatic carbocycles. The lowest BCUT2D eigenvalue weighted by atomic mass is 10.0. The van der Waals surface area contributed by atoms with Gasteiger partial charge in [0.05, 0.1) is 37.9 Å². The minimum atomic E-state index is -4.40. The molecule has 296 valence electrons. The number of nitrogens with one attached hydrogen (secondary N) is 1. The summed E-state index contributed by atoms with van der Waals surface area (Å²) in [7, 11) is -4.40. The summed E-state index contributed by atoms with van der Waals surface area (Å²) in [5.41, 5.74) is 5.34. The summed E-state index contributed by atoms with van der Waals surface area (Å²) in [6.45, 7) is 3.91. The van der Waals surface area contributed by atoms with E-state index in [4.69, 9.17) is 14.8 Å². The van der Waals surface area contributed by atoms with E-state index >= 15 is 0 Å². The number of hydrogen-bond acceptors (Lipinski definition) is 7. The van der Waals surface area contributed by atoms with Crippen molar-refractivity contribution in [1.29, 1.82) is 0 Å². The fraction of sp³-hybridized carbons (Fsp3) is 0.875. The molecular weight excluding hydrogens is 651 g/mol. The van der Waals surface area contributed by atoms with Crippen molar-refractivity contribution in [3.8, 4) is 0 Å². The number of aliphatic hydroxyl groups excluding tert-OH is 2. The van der Waals surface area contributed by atoms with E-state index in [0.717, 1.165) is 32.1 Å². The van der Waals surface area contributed by atoms with Crippen LogP contribution in [0, 0.1) is 0 Å². The highest BCUT2D eigenvalue weighted by atomic mass is 31.2. The molecule has 1 amide bonds. The Morgan fingerprint density at radius 1 is 0.680 bits per heavy atom. The maximum atomic E-state index is 12.7. The van der Waals surface area contributed by atoms with Crippen molar-refractivity contribution in [1.82, 2.24) is 5.32 Å². The van der Waals surface area contributed by atoms with Crippen LogP contribution < -0.4 is 11.1 Å². The SMILES string of the molecule is CCCCCC/C=C/CC/C=C/C(O)C(COP(=O)(O)OCCN)NC(=O)CC(O)CCCCCCCCCCCCCCCCCCCC. The largest absolute Gasteiger partial charge is 0.472 e. The first-order valence-electron chi connectivity index (χ1n) is 20.5. The standard InChI is InChI=1S/C40H79N2O7P/c1-3-5-7-9-11-13-15-16-17-18-19-20-21-22-23-25-27-29-31-37(43)35-40(45)42-38(36-49-50(46,47)48-34-33-41)39(44)32-30-28-26-24-14-12-10-8-6-4-2/h14,24,30,32,37-39,43-44H,3-13,15-23,25-29,31,33-36,41H2,1-2H3,(H,42,45)(H,46,47)/b24-14+,32-30+. The molecule has 6 N–H and O–H groups in total. The molecule has 0 aromatic heterocycles. The zero-order valence-electron chi connectivity index (χ0n) is 32.3. The lowest BCUT2D eigenvalue weighted by Gasteiger charge is -2.24. The molecule has 0 heterocycles. The average molecular weight is 731 g/mol. The predicted molar refractivity (Wildman–Crippen MR) is 209 cm³/mol. The highest BCUT2D eigenvalue weighted by Gasteiger charge is 2.27. The van der Waals surface area contributed by atoms with Gasteiger partial charge < -0.3 is 26.2 Å². The molecule has 0 aliphatic heterocycles. The summed E-state index contributed by atoms with van der Waals surface area (Å²) in [6.07, 6.45) is 37.0. The van der Waals surface area contributed by atoms with E-state index in [9.17, 15) is 24.5 Å². The average Bonchev–Trinajstić information content (AvgIpc) is 3.09. The van der Waals surface area contributed by atoms with Gasteiger partial charge in [0.25, 0.3) is 0 Å². The molecule has 0 saturated carbocycles. The number of allylic oxidation sites excluding steroid dienone is 3. The van der Waals surface area contributed by atoms with Gasteiger partial charge >= 0.3 is 7.82 Å². The van der Waals surface area contributed by atoms with Gasteiger partial charge in [0.1, 0.15) is 0 Å². The van der Waals surface area contributed by atoms with Gasteiger partial charge in [-0.25, -0.2) is 4.57 Å². The van der Waals surface area contributed by atoms with E-state index in [1.165, 1.54) is 122 Å². The molecule has 0 spiro atoms. The van der Waals surface area contributed by atoms with Crippen LogP contribution in [0.2, 0.25) is 0 Å². The number of amides is 1. The third-order valence-corrected chi connectivity index (χ3v) is 10.1. The second-order valence-electron chi connectivity index (χ2n) is 14.0. The Kier molecular flexibility index (Phi) is 35.5. The van der Waals surface area contributed by atoms with Crippen molar-refractivity contribution in [3.63, 3.8) is 0 Å². The molecule has 4 atom stereocenters. The molecule has 0 aromatic rings. The minimum absolute atomic E-state index is 0.0456. The van der Waals surface area contributed by atoms with Crippen LogP contribution in [-0.2, 0) is 18.4 Å². The molecule has 9 nitrogen and oxygen atoms in total. The number of hydrogen-bond donors (Lipinski definition) is 5. The third-order valence-electron chi connectivity index (χ3n) is 9.08. The number of unbranched alkanes of at least 4 members (excludes halogenated alkanes) is 22. The molecule has 0 bridgehead atoms. The second-order valence-corrected chi connectivity index (χ2v) is 15.5. The Bertz CT molecular complexity index is 858. The number of carbonyl (C=O) groups is 1. The van der Waals surface area contributed by atoms with Crippen molar-refractivity contribution in [2.24, 2.45) is 5.73 Å². The monoisotopic (exact) mass is 731 g/mol. The van der Waals surface area contributed by atoms with E-state index in [1.807, 2.05) is 6.08 Å². The van der Waals surface area contributed by atoms with Gasteiger partial charge in [-0.1, -0.05) is 173 Å². The Morgan fingerprint density at radius 3 is 1.66 bits per heavy atom. The maximum Gasteiger partial charge on any atom is 0.472 e. The number of rotatable bonds is 38. The van der Waals surface area contributed by atoms with Crippen molar-refractivity contribution in [2.75, 3.05) is 19.8 Å². The zero-order valence-corrected chi connectivity index (χ0v) is 33.1. The number of phosphoric ester groups is 1. The van der Waals surface area contributed by atoms with E-state index in [1.54, 1.807) is 6.08 Å². The number of phosphoric acid groups is 1. The third kappa shape index (κ3) is 34.0. The molecule has 0 aliphatic carbocycles. The van der Waals surface area contributed by atoms with Crippen LogP contribution >= 0.6 is 7.82 Å². The molecule has 4 unspecified atom stereocenters. The first kappa shape index (κ1) is 48.9. The van der Waals surface area contributed by atoms with E-state index in [2.05, 4.69) is 31.3 Å². The van der Waals surface area contributed by atoms with E-state index < -0.39 is 38.6 Å². The van der Waals surface area contributed by atoms with Gasteiger partial charge in [-0.2, -0.15) is 0 Å². The van der Waals surface area contributed by atoms with Crippen molar-refractivity contribution in [2.45, 2.75) is 205 Å². The lowest BCUT2D eigenvalue weighted by Crippen LogP contribution is -2.46. The topological polar surface area (TPSA) is 151 Å². The van der Waals surface area contributed by atoms with Gasteiger partial charge in [0.2, 0.25) is 5.91 Å². The normalized spacial score (nSPS) is 15.1. The first-order valence-corrected chi connectivity index (χ1v) is 22.0. The van der Waals surface area contributed by atoms with Crippen LogP contribution in [0.4, 0.5) is 0 Å². The molecule has 0 saturated heterocycles. The molecule has 50 heavy (non-hydrogen) atoms. The summed E-state index contributed by atoms with van der Waals surface area (Å²) in [5, 5.41) is 23.9. The fourth-order valence-electron chi connectivity index (χ4n) is 5.96. The molecule has 0 rings (SSSR count). The fourth-order valence-corrected chi connectivity index (χ4v) is 6.72. The minimum Gasteiger partial charge on any atom is -0.393 e. The second kappa shape index (κ2) is 36.3. The summed E-state index contributed by atoms with van der Waals surface area (Å²) in [6, 6.07) is -0.993. The molecular formula is C40H79N2O7P. The van der Waals surface area contributed by atoms with Crippen molar-refractivity contribution >= 4 is 13.7 Å². The van der Waals surface area contributed by atoms with Crippen LogP contribution in [0.1, 0.15) is 187 Å². The number of carbonyl (C=O) groups excluding carboxylic acids is 1. The van der Waals surface area contributed by atoms with Crippen LogP contribution in [0.3, 0.4) is 0 Å². The van der Waals surface area contributed by atoms with Crippen LogP contribution in [-0.4, -0.2) is 59.0 Å². The summed E-state index contributed by atoms with van der Waals surface area (Å²) in [4.78, 5) is 22.6. The molecule has 0 aliphatic rings. The highest BCUT2D eigenvalue weighted by Crippen LogP contribution is 2.43. The Labute approximate surface area is 307 Å². The van der Waals surface area contributed by atoms with Gasteiger partial charge in [0, 0.05) is 6.54 Å². The molecule has 0 radical (unpaired) electrons. The number of aliphatic hydroxyl groups is 2. The Balaban J connectivity index is 4.26. The van der Waals surface area contributed by atoms with Crippen molar-refractivity contribution < 1.29 is 33.5 Å². The highest BCUT2D eigenvalue weighted by molar-refractivity contribution is 7.47. The quantitative estimate of drug-likeness (QED) is 0.0239. The lowest BCUT2D eigenvalue weighted by molar-refractivity contribution is -0.124. The summed E-state index contributed by atoms with van der Waals surface area (Å²) >= 11 is 0. The summed E-state index contributed by atoms with van der Waals surface area (Å²) in [5.74, 6) is -0.456. The first-order chi connectivity index (χ1) is 24.3. The molecule has 0 fully saturated rings. The predicted octanol–water partition coefficient (Wildman–Crippen LogP) is 9.97. The smallest absolute Gasteiger partial charge is 0.393 e. The van der Waals surface area contributed by atoms with Gasteiger partial charge in [-0.05, 0) is 32.1 Å². The Morgan fingerprint density at radius 2 is 1.14 bits per heavy atom. The molecule has 10 heteroatoms. The van der Waals surface area contributed by atoms with Crippen LogP contribution in [0.5, 0.6) is 0 Å². The zero-order chi connectivity index (χ0) is 37.0. The van der Waals surface area contributed by atoms with Gasteiger partial charge in [-0.3, -0.25) is 13.8 Å². The van der Waals surface area contributed by atoms with Gasteiger partial charge in [-0.15, -0.1) is 0 Å². The number of nitrogens with two attached hydrogens (primary N) is 1. The van der Waals surface area contributed by atoms with Crippen LogP contribution in [0.15, 0.2) is 24.3 Å².